The largest absolute Gasteiger partial charge is 0.357 e. The van der Waals surface area contributed by atoms with Crippen LogP contribution in [0.5, 0.6) is 0 Å². The highest BCUT2D eigenvalue weighted by molar-refractivity contribution is 5.94. The van der Waals surface area contributed by atoms with Crippen LogP contribution >= 0.6 is 0 Å². The van der Waals surface area contributed by atoms with E-state index in [0.717, 1.165) is 17.5 Å². The van der Waals surface area contributed by atoms with Crippen LogP contribution in [-0.2, 0) is 13.0 Å². The van der Waals surface area contributed by atoms with Gasteiger partial charge >= 0.3 is 0 Å². The van der Waals surface area contributed by atoms with E-state index in [4.69, 9.17) is 0 Å². The summed E-state index contributed by atoms with van der Waals surface area (Å²) in [6.45, 7) is 3.64. The van der Waals surface area contributed by atoms with Crippen LogP contribution in [0.15, 0.2) is 53.5 Å². The minimum Gasteiger partial charge on any atom is -0.357 e. The zero-order chi connectivity index (χ0) is 20.4. The molecular weight excluding hydrogens is 358 g/mol. The number of amides is 1. The molecule has 0 aromatic heterocycles. The number of nitrogens with zero attached hydrogens (tertiary/aromatic N) is 2. The number of non-ortho nitro benzene ring substituents is 1. The highest BCUT2D eigenvalue weighted by atomic mass is 16.6. The van der Waals surface area contributed by atoms with Gasteiger partial charge in [0.25, 0.3) is 11.6 Å². The maximum absolute atomic E-state index is 11.7. The van der Waals surface area contributed by atoms with Crippen molar-refractivity contribution in [2.24, 2.45) is 4.99 Å². The molecule has 148 valence electrons. The van der Waals surface area contributed by atoms with Gasteiger partial charge in [-0.05, 0) is 36.6 Å². The van der Waals surface area contributed by atoms with E-state index in [-0.39, 0.29) is 11.6 Å². The van der Waals surface area contributed by atoms with E-state index in [1.54, 1.807) is 19.2 Å². The summed E-state index contributed by atoms with van der Waals surface area (Å²) in [6.07, 6.45) is 0.728. The van der Waals surface area contributed by atoms with Gasteiger partial charge in [0, 0.05) is 37.8 Å². The average molecular weight is 383 g/mol. The molecule has 28 heavy (non-hydrogen) atoms. The molecule has 0 bridgehead atoms. The summed E-state index contributed by atoms with van der Waals surface area (Å²) in [5, 5.41) is 19.9. The first kappa shape index (κ1) is 20.9. The molecule has 3 N–H and O–H groups in total. The molecule has 0 aliphatic rings. The van der Waals surface area contributed by atoms with Crippen molar-refractivity contribution in [1.29, 1.82) is 0 Å². The number of carbonyl (C=O) groups excluding carboxylic acids is 1. The molecular formula is C20H25N5O3. The smallest absolute Gasteiger partial charge is 0.269 e. The second-order valence-electron chi connectivity index (χ2n) is 6.08. The van der Waals surface area contributed by atoms with Crippen molar-refractivity contribution >= 4 is 17.6 Å². The Balaban J connectivity index is 1.95. The Labute approximate surface area is 164 Å². The minimum absolute atomic E-state index is 0.0571. The predicted octanol–water partition coefficient (Wildman–Crippen LogP) is 2.25. The number of hydrogen-bond donors (Lipinski definition) is 3. The molecule has 8 nitrogen and oxygen atoms in total. The molecule has 0 saturated carbocycles. The molecule has 0 aliphatic carbocycles. The number of benzene rings is 2. The molecule has 0 spiro atoms. The molecule has 8 heteroatoms. The summed E-state index contributed by atoms with van der Waals surface area (Å²) >= 11 is 0. The van der Waals surface area contributed by atoms with Gasteiger partial charge in [-0.3, -0.25) is 14.9 Å². The van der Waals surface area contributed by atoms with E-state index in [9.17, 15) is 14.9 Å². The van der Waals surface area contributed by atoms with Crippen LogP contribution < -0.4 is 16.0 Å². The minimum atomic E-state index is -0.413. The number of carbonyl (C=O) groups is 1. The molecule has 0 heterocycles. The summed E-state index contributed by atoms with van der Waals surface area (Å²) in [5.41, 5.74) is 2.50. The lowest BCUT2D eigenvalue weighted by Gasteiger charge is -2.12. The molecule has 0 radical (unpaired) electrons. The summed E-state index contributed by atoms with van der Waals surface area (Å²) < 4.78 is 0. The van der Waals surface area contributed by atoms with Gasteiger partial charge in [0.1, 0.15) is 0 Å². The molecule has 0 aliphatic heterocycles. The van der Waals surface area contributed by atoms with Crippen LogP contribution in [0.3, 0.4) is 0 Å². The number of hydrogen-bond acceptors (Lipinski definition) is 4. The van der Waals surface area contributed by atoms with Gasteiger partial charge in [0.05, 0.1) is 11.5 Å². The monoisotopic (exact) mass is 383 g/mol. The Morgan fingerprint density at radius 1 is 1.11 bits per heavy atom. The summed E-state index contributed by atoms with van der Waals surface area (Å²) in [4.78, 5) is 26.7. The fourth-order valence-corrected chi connectivity index (χ4v) is 2.62. The van der Waals surface area contributed by atoms with Crippen molar-refractivity contribution in [2.45, 2.75) is 19.9 Å². The van der Waals surface area contributed by atoms with Gasteiger partial charge in [0.15, 0.2) is 5.96 Å². The molecule has 0 fully saturated rings. The maximum Gasteiger partial charge on any atom is 0.269 e. The molecule has 2 aromatic rings. The van der Waals surface area contributed by atoms with Gasteiger partial charge < -0.3 is 16.0 Å². The van der Waals surface area contributed by atoms with Crippen molar-refractivity contribution in [2.75, 3.05) is 20.1 Å². The van der Waals surface area contributed by atoms with Gasteiger partial charge in [-0.25, -0.2) is 4.99 Å². The van der Waals surface area contributed by atoms with Crippen molar-refractivity contribution in [1.82, 2.24) is 16.0 Å². The van der Waals surface area contributed by atoms with E-state index in [2.05, 4.69) is 20.9 Å². The molecule has 2 aromatic carbocycles. The molecule has 1 amide bonds. The van der Waals surface area contributed by atoms with Crippen molar-refractivity contribution < 1.29 is 9.72 Å². The quantitative estimate of drug-likeness (QED) is 0.280. The van der Waals surface area contributed by atoms with E-state index < -0.39 is 4.92 Å². The number of aliphatic imine (C=N–C) groups is 1. The third-order valence-corrected chi connectivity index (χ3v) is 4.01. The first-order chi connectivity index (χ1) is 13.5. The molecule has 0 atom stereocenters. The van der Waals surface area contributed by atoms with E-state index in [1.165, 1.54) is 12.1 Å². The lowest BCUT2D eigenvalue weighted by molar-refractivity contribution is -0.384. The van der Waals surface area contributed by atoms with Crippen LogP contribution in [0.4, 0.5) is 5.69 Å². The second-order valence-corrected chi connectivity index (χ2v) is 6.08. The molecule has 0 saturated heterocycles. The van der Waals surface area contributed by atoms with Crippen LogP contribution in [-0.4, -0.2) is 36.9 Å². The number of guanidine groups is 1. The Kier molecular flexibility index (Phi) is 7.95. The van der Waals surface area contributed by atoms with Gasteiger partial charge in [-0.15, -0.1) is 0 Å². The second kappa shape index (κ2) is 10.7. The topological polar surface area (TPSA) is 109 Å². The Morgan fingerprint density at radius 3 is 2.57 bits per heavy atom. The maximum atomic E-state index is 11.7. The van der Waals surface area contributed by atoms with Gasteiger partial charge in [0.2, 0.25) is 0 Å². The first-order valence-electron chi connectivity index (χ1n) is 9.10. The standard InChI is InChI=1S/C20H25N5O3/c1-3-22-20(24-14-16-7-5-9-18(13-16)25(27)28)23-11-10-15-6-4-8-17(12-15)19(26)21-2/h4-9,12-13H,3,10-11,14H2,1-2H3,(H,21,26)(H2,22,23,24). The fraction of sp³-hybridized carbons (Fsp3) is 0.300. The number of nitro groups is 1. The SMILES string of the molecule is CCNC(=NCc1cccc([N+](=O)[O-])c1)NCCc1cccc(C(=O)NC)c1. The van der Waals surface area contributed by atoms with Crippen LogP contribution in [0.25, 0.3) is 0 Å². The number of rotatable bonds is 8. The van der Waals surface area contributed by atoms with Gasteiger partial charge in [-0.1, -0.05) is 24.3 Å². The predicted molar refractivity (Wildman–Crippen MR) is 109 cm³/mol. The molecule has 0 unspecified atom stereocenters. The van der Waals surface area contributed by atoms with Gasteiger partial charge in [-0.2, -0.15) is 0 Å². The summed E-state index contributed by atoms with van der Waals surface area (Å²) in [6, 6.07) is 13.9. The third kappa shape index (κ3) is 6.39. The fourth-order valence-electron chi connectivity index (χ4n) is 2.62. The number of nitrogens with one attached hydrogen (secondary N) is 3. The third-order valence-electron chi connectivity index (χ3n) is 4.01. The zero-order valence-corrected chi connectivity index (χ0v) is 16.1. The van der Waals surface area contributed by atoms with E-state index in [0.29, 0.717) is 31.2 Å². The average Bonchev–Trinajstić information content (AvgIpc) is 2.71. The van der Waals surface area contributed by atoms with E-state index in [1.807, 2.05) is 31.2 Å². The first-order valence-corrected chi connectivity index (χ1v) is 9.10. The number of nitro benzene ring substituents is 1. The van der Waals surface area contributed by atoms with E-state index >= 15 is 0 Å². The molecule has 2 rings (SSSR count). The highest BCUT2D eigenvalue weighted by Gasteiger charge is 2.06. The Morgan fingerprint density at radius 2 is 1.86 bits per heavy atom. The summed E-state index contributed by atoms with van der Waals surface area (Å²) in [7, 11) is 1.61. The van der Waals surface area contributed by atoms with Crippen LogP contribution in [0.2, 0.25) is 0 Å². The highest BCUT2D eigenvalue weighted by Crippen LogP contribution is 2.13. The Hall–Kier alpha value is -3.42. The zero-order valence-electron chi connectivity index (χ0n) is 16.1. The van der Waals surface area contributed by atoms with Crippen molar-refractivity contribution in [3.8, 4) is 0 Å². The summed E-state index contributed by atoms with van der Waals surface area (Å²) in [5.74, 6) is 0.526. The normalized spacial score (nSPS) is 11.0. The lowest BCUT2D eigenvalue weighted by Crippen LogP contribution is -2.38. The Bertz CT molecular complexity index is 851. The van der Waals surface area contributed by atoms with Crippen LogP contribution in [0, 0.1) is 10.1 Å². The van der Waals surface area contributed by atoms with Crippen molar-refractivity contribution in [3.05, 3.63) is 75.3 Å². The lowest BCUT2D eigenvalue weighted by atomic mass is 10.1. The van der Waals surface area contributed by atoms with Crippen molar-refractivity contribution in [3.63, 3.8) is 0 Å². The van der Waals surface area contributed by atoms with Crippen LogP contribution in [0.1, 0.15) is 28.4 Å².